The van der Waals surface area contributed by atoms with E-state index in [4.69, 9.17) is 4.74 Å². The number of aromatic hydroxyl groups is 1. The smallest absolute Gasteiger partial charge is 0.142 e. The van der Waals surface area contributed by atoms with Gasteiger partial charge in [0.05, 0.1) is 0 Å². The van der Waals surface area contributed by atoms with Crippen LogP contribution in [0.1, 0.15) is 69.1 Å². The molecule has 0 fully saturated rings. The molecular weight excluding hydrogens is 310 g/mol. The Hall–Kier alpha value is -1.74. The quantitative estimate of drug-likeness (QED) is 0.718. The Labute approximate surface area is 153 Å². The zero-order valence-electron chi connectivity index (χ0n) is 16.3. The average molecular weight is 344 g/mol. The van der Waals surface area contributed by atoms with E-state index in [0.717, 1.165) is 42.8 Å². The van der Waals surface area contributed by atoms with Crippen molar-refractivity contribution in [2.45, 2.75) is 65.8 Å². The van der Waals surface area contributed by atoms with Crippen molar-refractivity contribution in [1.29, 1.82) is 0 Å². The van der Waals surface area contributed by atoms with Gasteiger partial charge in [-0.1, -0.05) is 24.6 Å². The van der Waals surface area contributed by atoms with E-state index >= 15 is 0 Å². The predicted molar refractivity (Wildman–Crippen MR) is 105 cm³/mol. The molecule has 3 rings (SSSR count). The van der Waals surface area contributed by atoms with Gasteiger partial charge in [0.15, 0.2) is 0 Å². The third-order valence-corrected chi connectivity index (χ3v) is 4.88. The molecule has 1 N–H and O–H groups in total. The van der Waals surface area contributed by atoms with Crippen molar-refractivity contribution in [3.8, 4) is 11.5 Å². The van der Waals surface area contributed by atoms with Gasteiger partial charge in [-0.3, -0.25) is 4.90 Å². The summed E-state index contributed by atoms with van der Waals surface area (Å²) in [5.41, 5.74) is 4.82. The lowest BCUT2D eigenvalue weighted by Crippen LogP contribution is -2.33. The minimum atomic E-state index is 0.292. The van der Waals surface area contributed by atoms with Gasteiger partial charge in [-0.25, -0.2) is 0 Å². The van der Waals surface area contributed by atoms with Crippen molar-refractivity contribution in [2.75, 3.05) is 13.3 Å². The molecule has 1 unspecified atom stereocenters. The first kappa shape index (κ1) is 19.6. The summed E-state index contributed by atoms with van der Waals surface area (Å²) in [4.78, 5) is 2.33. The van der Waals surface area contributed by atoms with Crippen molar-refractivity contribution >= 4 is 0 Å². The third-order valence-electron chi connectivity index (χ3n) is 4.88. The average Bonchev–Trinajstić information content (AvgIpc) is 2.56. The number of rotatable bonds is 3. The fourth-order valence-electron chi connectivity index (χ4n) is 3.77. The number of hydrogen-bond donors (Lipinski definition) is 1. The van der Waals surface area contributed by atoms with Gasteiger partial charge in [-0.15, -0.1) is 6.58 Å². The molecule has 138 valence electrons. The van der Waals surface area contributed by atoms with Gasteiger partial charge >= 0.3 is 0 Å². The summed E-state index contributed by atoms with van der Waals surface area (Å²) in [7, 11) is 0. The number of fused-ring (bicyclic) bond motifs is 1. The maximum absolute atomic E-state index is 10.5. The first-order chi connectivity index (χ1) is 12.0. The van der Waals surface area contributed by atoms with Crippen LogP contribution in [-0.2, 0) is 6.54 Å². The summed E-state index contributed by atoms with van der Waals surface area (Å²) < 4.78 is 6.11. The molecule has 0 aromatic heterocycles. The van der Waals surface area contributed by atoms with E-state index in [1.807, 2.05) is 13.0 Å². The molecule has 0 saturated carbocycles. The van der Waals surface area contributed by atoms with E-state index in [1.165, 1.54) is 24.0 Å². The molecule has 2 aliphatic rings. The Morgan fingerprint density at radius 3 is 2.76 bits per heavy atom. The number of aryl methyl sites for hydroxylation is 1. The molecule has 0 spiro atoms. The number of benzene rings is 1. The second-order valence-corrected chi connectivity index (χ2v) is 7.18. The molecule has 0 amide bonds. The van der Waals surface area contributed by atoms with Gasteiger partial charge in [-0.05, 0) is 58.1 Å². The van der Waals surface area contributed by atoms with Gasteiger partial charge in [0.1, 0.15) is 18.2 Å². The van der Waals surface area contributed by atoms with Gasteiger partial charge in [0.2, 0.25) is 0 Å². The lowest BCUT2D eigenvalue weighted by molar-refractivity contribution is 0.0932. The Morgan fingerprint density at radius 2 is 2.12 bits per heavy atom. The Morgan fingerprint density at radius 1 is 1.40 bits per heavy atom. The molecule has 3 heteroatoms. The molecule has 0 bridgehead atoms. The van der Waals surface area contributed by atoms with Crippen molar-refractivity contribution in [3.05, 3.63) is 47.1 Å². The van der Waals surface area contributed by atoms with E-state index in [-0.39, 0.29) is 0 Å². The van der Waals surface area contributed by atoms with Crippen LogP contribution in [0.15, 0.2) is 30.4 Å². The van der Waals surface area contributed by atoms with Crippen molar-refractivity contribution in [2.24, 2.45) is 0 Å². The first-order valence-corrected chi connectivity index (χ1v) is 9.46. The lowest BCUT2D eigenvalue weighted by atomic mass is 9.83. The van der Waals surface area contributed by atoms with Crippen LogP contribution >= 0.6 is 0 Å². The minimum absolute atomic E-state index is 0.292. The highest BCUT2D eigenvalue weighted by atomic mass is 16.5. The fraction of sp³-hybridized carbons (Fsp3) is 0.545. The van der Waals surface area contributed by atoms with E-state index in [1.54, 1.807) is 6.08 Å². The van der Waals surface area contributed by atoms with Crippen LogP contribution in [0.4, 0.5) is 0 Å². The summed E-state index contributed by atoms with van der Waals surface area (Å²) in [6, 6.07) is 1.92. The molecule has 1 aliphatic heterocycles. The van der Waals surface area contributed by atoms with E-state index in [2.05, 4.69) is 38.3 Å². The van der Waals surface area contributed by atoms with Gasteiger partial charge in [0.25, 0.3) is 0 Å². The SMILES string of the molecule is C=CC.CCCN1COc2c(c(C)cc(O)c2C2C=C(C)CCC2)C1. The molecule has 1 heterocycles. The number of phenolic OH excluding ortho intramolecular Hbond substituents is 1. The molecular formula is C22H33NO2. The van der Waals surface area contributed by atoms with Gasteiger partial charge in [-0.2, -0.15) is 0 Å². The molecule has 1 aliphatic carbocycles. The standard InChI is InChI=1S/C19H27NO2.C3H6/c1-4-8-20-11-16-14(3)10-17(21)18(19(16)22-12-20)15-7-5-6-13(2)9-15;1-3-2/h9-10,15,21H,4-8,11-12H2,1-3H3;3H,1H2,2H3. The van der Waals surface area contributed by atoms with Crippen LogP contribution < -0.4 is 4.74 Å². The molecule has 0 saturated heterocycles. The summed E-state index contributed by atoms with van der Waals surface area (Å²) >= 11 is 0. The molecule has 1 aromatic carbocycles. The van der Waals surface area contributed by atoms with E-state index in [0.29, 0.717) is 18.4 Å². The summed E-state index contributed by atoms with van der Waals surface area (Å²) in [5.74, 6) is 1.64. The van der Waals surface area contributed by atoms with Gasteiger partial charge in [0, 0.05) is 30.1 Å². The largest absolute Gasteiger partial charge is 0.507 e. The third kappa shape index (κ3) is 4.66. The minimum Gasteiger partial charge on any atom is -0.507 e. The maximum atomic E-state index is 10.5. The van der Waals surface area contributed by atoms with Crippen molar-refractivity contribution < 1.29 is 9.84 Å². The second-order valence-electron chi connectivity index (χ2n) is 7.18. The highest BCUT2D eigenvalue weighted by molar-refractivity contribution is 5.57. The number of phenols is 1. The molecule has 1 aromatic rings. The summed E-state index contributed by atoms with van der Waals surface area (Å²) in [6.07, 6.45) is 8.67. The van der Waals surface area contributed by atoms with Crippen LogP contribution in [0.2, 0.25) is 0 Å². The van der Waals surface area contributed by atoms with E-state index in [9.17, 15) is 5.11 Å². The Balaban J connectivity index is 0.000000701. The normalized spacial score (nSPS) is 19.8. The number of allylic oxidation sites excluding steroid dienone is 3. The Bertz CT molecular complexity index is 633. The monoisotopic (exact) mass is 343 g/mol. The number of nitrogens with zero attached hydrogens (tertiary/aromatic N) is 1. The molecule has 25 heavy (non-hydrogen) atoms. The topological polar surface area (TPSA) is 32.7 Å². The van der Waals surface area contributed by atoms with Crippen LogP contribution in [0, 0.1) is 6.92 Å². The molecule has 3 nitrogen and oxygen atoms in total. The second kappa shape index (κ2) is 9.10. The van der Waals surface area contributed by atoms with Crippen LogP contribution in [-0.4, -0.2) is 23.3 Å². The molecule has 0 radical (unpaired) electrons. The highest BCUT2D eigenvalue weighted by Gasteiger charge is 2.28. The van der Waals surface area contributed by atoms with Crippen molar-refractivity contribution in [1.82, 2.24) is 4.90 Å². The zero-order chi connectivity index (χ0) is 18.4. The highest BCUT2D eigenvalue weighted by Crippen LogP contribution is 2.45. The maximum Gasteiger partial charge on any atom is 0.142 e. The van der Waals surface area contributed by atoms with Gasteiger partial charge < -0.3 is 9.84 Å². The number of ether oxygens (including phenoxy) is 1. The van der Waals surface area contributed by atoms with E-state index < -0.39 is 0 Å². The summed E-state index contributed by atoms with van der Waals surface area (Å²) in [5, 5.41) is 10.5. The fourth-order valence-corrected chi connectivity index (χ4v) is 3.77. The van der Waals surface area contributed by atoms with Crippen molar-refractivity contribution in [3.63, 3.8) is 0 Å². The first-order valence-electron chi connectivity index (χ1n) is 9.46. The van der Waals surface area contributed by atoms with Crippen LogP contribution in [0.3, 0.4) is 0 Å². The predicted octanol–water partition coefficient (Wildman–Crippen LogP) is 5.67. The van der Waals surface area contributed by atoms with Crippen LogP contribution in [0.25, 0.3) is 0 Å². The zero-order valence-corrected chi connectivity index (χ0v) is 16.3. The molecule has 1 atom stereocenters. The Kier molecular flexibility index (Phi) is 7.12. The number of hydrogen-bond acceptors (Lipinski definition) is 3. The lowest BCUT2D eigenvalue weighted by Gasteiger charge is -2.33. The summed E-state index contributed by atoms with van der Waals surface area (Å²) in [6.45, 7) is 14.3. The van der Waals surface area contributed by atoms with Crippen LogP contribution in [0.5, 0.6) is 11.5 Å².